The SMILES string of the molecule is CC(C)CC1(C)CC(=O)N(CC(O)c2cc(F)ccc2F)C1=O. The Morgan fingerprint density at radius 1 is 1.30 bits per heavy atom. The summed E-state index contributed by atoms with van der Waals surface area (Å²) in [6.07, 6.45) is -0.832. The predicted octanol–water partition coefficient (Wildman–Crippen LogP) is 2.81. The number of imide groups is 1. The first kappa shape index (κ1) is 17.5. The quantitative estimate of drug-likeness (QED) is 0.847. The average Bonchev–Trinajstić information content (AvgIpc) is 2.64. The Morgan fingerprint density at radius 3 is 2.57 bits per heavy atom. The maximum atomic E-state index is 13.7. The summed E-state index contributed by atoms with van der Waals surface area (Å²) < 4.78 is 26.9. The monoisotopic (exact) mass is 325 g/mol. The minimum atomic E-state index is -1.46. The molecule has 0 aromatic heterocycles. The van der Waals surface area contributed by atoms with Crippen molar-refractivity contribution in [3.63, 3.8) is 0 Å². The Bertz CT molecular complexity index is 632. The number of β-amino-alcohol motifs (C(OH)–C–C–N with tert-alkyl or cyclic N) is 1. The lowest BCUT2D eigenvalue weighted by molar-refractivity contribution is -0.143. The smallest absolute Gasteiger partial charge is 0.235 e. The van der Waals surface area contributed by atoms with E-state index < -0.39 is 29.1 Å². The van der Waals surface area contributed by atoms with Crippen LogP contribution in [0.2, 0.25) is 0 Å². The molecule has 0 spiro atoms. The number of rotatable bonds is 5. The number of benzene rings is 1. The highest BCUT2D eigenvalue weighted by molar-refractivity contribution is 6.05. The van der Waals surface area contributed by atoms with Crippen molar-refractivity contribution in [1.82, 2.24) is 4.90 Å². The van der Waals surface area contributed by atoms with E-state index in [2.05, 4.69) is 0 Å². The first-order valence-electron chi connectivity index (χ1n) is 7.62. The number of halogens is 2. The average molecular weight is 325 g/mol. The normalized spacial score (nSPS) is 23.0. The molecule has 0 bridgehead atoms. The molecule has 0 aliphatic carbocycles. The van der Waals surface area contributed by atoms with E-state index in [4.69, 9.17) is 0 Å². The number of likely N-dealkylation sites (tertiary alicyclic amines) is 1. The predicted molar refractivity (Wildman–Crippen MR) is 80.2 cm³/mol. The molecule has 2 rings (SSSR count). The zero-order valence-corrected chi connectivity index (χ0v) is 13.5. The van der Waals surface area contributed by atoms with Gasteiger partial charge in [-0.1, -0.05) is 20.8 Å². The molecule has 1 N–H and O–H groups in total. The maximum Gasteiger partial charge on any atom is 0.235 e. The van der Waals surface area contributed by atoms with Crippen LogP contribution in [0.3, 0.4) is 0 Å². The molecule has 0 radical (unpaired) electrons. The summed E-state index contributed by atoms with van der Waals surface area (Å²) in [5.41, 5.74) is -1.06. The van der Waals surface area contributed by atoms with Crippen molar-refractivity contribution in [2.45, 2.75) is 39.7 Å². The van der Waals surface area contributed by atoms with Gasteiger partial charge in [-0.3, -0.25) is 14.5 Å². The van der Waals surface area contributed by atoms with Crippen LogP contribution >= 0.6 is 0 Å². The van der Waals surface area contributed by atoms with Crippen LogP contribution in [0.1, 0.15) is 45.3 Å². The molecule has 23 heavy (non-hydrogen) atoms. The van der Waals surface area contributed by atoms with Crippen LogP contribution in [0.15, 0.2) is 18.2 Å². The molecule has 1 fully saturated rings. The molecule has 1 saturated heterocycles. The van der Waals surface area contributed by atoms with Gasteiger partial charge < -0.3 is 5.11 Å². The molecular formula is C17H21F2NO3. The zero-order valence-electron chi connectivity index (χ0n) is 13.5. The second-order valence-electron chi connectivity index (χ2n) is 6.83. The summed E-state index contributed by atoms with van der Waals surface area (Å²) in [6, 6.07) is 2.72. The first-order chi connectivity index (χ1) is 10.6. The summed E-state index contributed by atoms with van der Waals surface area (Å²) in [5.74, 6) is -1.99. The van der Waals surface area contributed by atoms with Gasteiger partial charge >= 0.3 is 0 Å². The van der Waals surface area contributed by atoms with Gasteiger partial charge in [0.05, 0.1) is 18.1 Å². The topological polar surface area (TPSA) is 57.6 Å². The highest BCUT2D eigenvalue weighted by Gasteiger charge is 2.48. The van der Waals surface area contributed by atoms with Crippen molar-refractivity contribution in [1.29, 1.82) is 0 Å². The summed E-state index contributed by atoms with van der Waals surface area (Å²) >= 11 is 0. The molecule has 1 aliphatic rings. The van der Waals surface area contributed by atoms with Gasteiger partial charge in [-0.15, -0.1) is 0 Å². The summed E-state index contributed by atoms with van der Waals surface area (Å²) in [5, 5.41) is 10.1. The van der Waals surface area contributed by atoms with Gasteiger partial charge in [0.1, 0.15) is 11.6 Å². The van der Waals surface area contributed by atoms with E-state index in [1.807, 2.05) is 13.8 Å². The number of nitrogens with zero attached hydrogens (tertiary/aromatic N) is 1. The van der Waals surface area contributed by atoms with Gasteiger partial charge in [0, 0.05) is 12.0 Å². The zero-order chi connectivity index (χ0) is 17.4. The number of aliphatic hydroxyl groups excluding tert-OH is 1. The van der Waals surface area contributed by atoms with Gasteiger partial charge in [-0.25, -0.2) is 8.78 Å². The van der Waals surface area contributed by atoms with Crippen molar-refractivity contribution in [2.75, 3.05) is 6.54 Å². The molecule has 4 nitrogen and oxygen atoms in total. The number of amides is 2. The van der Waals surface area contributed by atoms with Crippen LogP contribution in [0.4, 0.5) is 8.78 Å². The minimum absolute atomic E-state index is 0.0718. The van der Waals surface area contributed by atoms with Crippen LogP contribution in [0.5, 0.6) is 0 Å². The largest absolute Gasteiger partial charge is 0.386 e. The fourth-order valence-electron chi connectivity index (χ4n) is 3.23. The third kappa shape index (κ3) is 3.58. The third-order valence-corrected chi connectivity index (χ3v) is 4.14. The maximum absolute atomic E-state index is 13.7. The molecule has 1 aromatic carbocycles. The number of aliphatic hydroxyl groups is 1. The van der Waals surface area contributed by atoms with Crippen molar-refractivity contribution in [3.05, 3.63) is 35.4 Å². The van der Waals surface area contributed by atoms with E-state index in [9.17, 15) is 23.5 Å². The number of carbonyl (C=O) groups is 2. The van der Waals surface area contributed by atoms with E-state index >= 15 is 0 Å². The molecule has 1 aliphatic heterocycles. The van der Waals surface area contributed by atoms with Crippen molar-refractivity contribution < 1.29 is 23.5 Å². The van der Waals surface area contributed by atoms with E-state index in [1.54, 1.807) is 6.92 Å². The minimum Gasteiger partial charge on any atom is -0.386 e. The number of carbonyl (C=O) groups excluding carboxylic acids is 2. The molecule has 2 atom stereocenters. The highest BCUT2D eigenvalue weighted by Crippen LogP contribution is 2.39. The Hall–Kier alpha value is -1.82. The molecule has 6 heteroatoms. The summed E-state index contributed by atoms with van der Waals surface area (Å²) in [6.45, 7) is 5.28. The second kappa shape index (κ2) is 6.35. The van der Waals surface area contributed by atoms with Crippen molar-refractivity contribution in [2.24, 2.45) is 11.3 Å². The summed E-state index contributed by atoms with van der Waals surface area (Å²) in [4.78, 5) is 25.6. The standard InChI is InChI=1S/C17H21F2NO3/c1-10(2)7-17(3)8-15(22)20(16(17)23)9-14(21)12-6-11(18)4-5-13(12)19/h4-6,10,14,21H,7-9H2,1-3H3. The third-order valence-electron chi connectivity index (χ3n) is 4.14. The lowest BCUT2D eigenvalue weighted by atomic mass is 9.80. The Labute approximate surface area is 134 Å². The molecular weight excluding hydrogens is 304 g/mol. The molecule has 1 heterocycles. The van der Waals surface area contributed by atoms with Crippen LogP contribution < -0.4 is 0 Å². The lowest BCUT2D eigenvalue weighted by Gasteiger charge is -2.25. The molecule has 2 amide bonds. The van der Waals surface area contributed by atoms with Gasteiger partial charge in [-0.05, 0) is 30.5 Å². The molecule has 0 saturated carbocycles. The van der Waals surface area contributed by atoms with Crippen molar-refractivity contribution in [3.8, 4) is 0 Å². The van der Waals surface area contributed by atoms with E-state index in [0.717, 1.165) is 23.1 Å². The van der Waals surface area contributed by atoms with Gasteiger partial charge in [0.15, 0.2) is 0 Å². The lowest BCUT2D eigenvalue weighted by Crippen LogP contribution is -2.37. The van der Waals surface area contributed by atoms with Crippen LogP contribution in [0.25, 0.3) is 0 Å². The Kier molecular flexibility index (Phi) is 4.84. The van der Waals surface area contributed by atoms with Crippen LogP contribution in [-0.4, -0.2) is 28.4 Å². The highest BCUT2D eigenvalue weighted by atomic mass is 19.1. The summed E-state index contributed by atoms with van der Waals surface area (Å²) in [7, 11) is 0. The number of hydrogen-bond acceptors (Lipinski definition) is 3. The van der Waals surface area contributed by atoms with Gasteiger partial charge in [0.2, 0.25) is 11.8 Å². The van der Waals surface area contributed by atoms with E-state index in [-0.39, 0.29) is 30.4 Å². The van der Waals surface area contributed by atoms with E-state index in [1.165, 1.54) is 0 Å². The molecule has 1 aromatic rings. The Morgan fingerprint density at radius 2 is 1.96 bits per heavy atom. The fourth-order valence-corrected chi connectivity index (χ4v) is 3.23. The first-order valence-corrected chi connectivity index (χ1v) is 7.62. The van der Waals surface area contributed by atoms with E-state index in [0.29, 0.717) is 6.42 Å². The number of hydrogen-bond donors (Lipinski definition) is 1. The molecule has 2 unspecified atom stereocenters. The Balaban J connectivity index is 2.18. The molecule has 126 valence electrons. The van der Waals surface area contributed by atoms with Gasteiger partial charge in [0.25, 0.3) is 0 Å². The van der Waals surface area contributed by atoms with Crippen LogP contribution in [-0.2, 0) is 9.59 Å². The fraction of sp³-hybridized carbons (Fsp3) is 0.529. The van der Waals surface area contributed by atoms with Gasteiger partial charge in [-0.2, -0.15) is 0 Å². The van der Waals surface area contributed by atoms with Crippen LogP contribution in [0, 0.1) is 23.0 Å². The second-order valence-corrected chi connectivity index (χ2v) is 6.83. The van der Waals surface area contributed by atoms with Crippen molar-refractivity contribution >= 4 is 11.8 Å².